The van der Waals surface area contributed by atoms with Gasteiger partial charge >= 0.3 is 12.1 Å². The summed E-state index contributed by atoms with van der Waals surface area (Å²) in [5.74, 6) is -0.0251. The van der Waals surface area contributed by atoms with Gasteiger partial charge in [0, 0.05) is 0 Å². The van der Waals surface area contributed by atoms with Crippen molar-refractivity contribution in [2.24, 2.45) is 0 Å². The Bertz CT molecular complexity index is 1350. The van der Waals surface area contributed by atoms with Crippen LogP contribution >= 0.6 is 0 Å². The number of benzene rings is 4. The van der Waals surface area contributed by atoms with E-state index in [-0.39, 0.29) is 13.2 Å². The molecular formula is C32H28O5. The molecule has 0 N–H and O–H groups in total. The van der Waals surface area contributed by atoms with Crippen molar-refractivity contribution >= 4 is 12.1 Å². The first-order valence-corrected chi connectivity index (χ1v) is 12.5. The Morgan fingerprint density at radius 2 is 1.24 bits per heavy atom. The number of hydrogen-bond acceptors (Lipinski definition) is 5. The minimum absolute atomic E-state index is 0.00912. The first-order valence-electron chi connectivity index (χ1n) is 12.5. The second-order valence-electron chi connectivity index (χ2n) is 9.15. The van der Waals surface area contributed by atoms with Crippen LogP contribution in [0.15, 0.2) is 103 Å². The number of fused-ring (bicyclic) bond motifs is 3. The molecule has 4 aromatic carbocycles. The zero-order valence-corrected chi connectivity index (χ0v) is 20.7. The number of rotatable bonds is 8. The maximum Gasteiger partial charge on any atom is 0.513 e. The topological polar surface area (TPSA) is 61.8 Å². The van der Waals surface area contributed by atoms with Crippen molar-refractivity contribution in [2.75, 3.05) is 13.2 Å². The molecule has 5 rings (SSSR count). The molecule has 0 spiro atoms. The second-order valence-corrected chi connectivity index (χ2v) is 9.15. The molecule has 0 saturated heterocycles. The highest BCUT2D eigenvalue weighted by Gasteiger charge is 2.45. The van der Waals surface area contributed by atoms with Crippen LogP contribution in [0.5, 0.6) is 5.75 Å². The van der Waals surface area contributed by atoms with E-state index in [1.54, 1.807) is 36.4 Å². The van der Waals surface area contributed by atoms with Crippen molar-refractivity contribution < 1.29 is 23.8 Å². The highest BCUT2D eigenvalue weighted by Crippen LogP contribution is 2.49. The van der Waals surface area contributed by atoms with E-state index < -0.39 is 17.5 Å². The second kappa shape index (κ2) is 10.7. The molecule has 0 atom stereocenters. The van der Waals surface area contributed by atoms with Gasteiger partial charge in [0.2, 0.25) is 0 Å². The Labute approximate surface area is 216 Å². The largest absolute Gasteiger partial charge is 0.513 e. The van der Waals surface area contributed by atoms with Crippen LogP contribution in [0.2, 0.25) is 0 Å². The lowest BCUT2D eigenvalue weighted by molar-refractivity contribution is 0.0312. The van der Waals surface area contributed by atoms with E-state index in [4.69, 9.17) is 14.2 Å². The van der Waals surface area contributed by atoms with Gasteiger partial charge in [-0.2, -0.15) is 0 Å². The Hall–Kier alpha value is -4.38. The Morgan fingerprint density at radius 1 is 0.676 bits per heavy atom. The molecule has 5 nitrogen and oxygen atoms in total. The summed E-state index contributed by atoms with van der Waals surface area (Å²) < 4.78 is 16.9. The molecule has 5 heteroatoms. The SMILES string of the molecule is CCCc1ccc(C(=O)OCC2(COC(=O)Oc3ccccc3)c3ccccc3-c3ccccc32)cc1. The molecule has 186 valence electrons. The van der Waals surface area contributed by atoms with E-state index in [0.717, 1.165) is 35.1 Å². The van der Waals surface area contributed by atoms with Crippen molar-refractivity contribution in [3.05, 3.63) is 125 Å². The molecule has 0 aromatic heterocycles. The minimum Gasteiger partial charge on any atom is -0.461 e. The average molecular weight is 493 g/mol. The normalized spacial score (nSPS) is 12.8. The quantitative estimate of drug-likeness (QED) is 0.196. The van der Waals surface area contributed by atoms with Crippen LogP contribution in [0.4, 0.5) is 4.79 Å². The number of aryl methyl sites for hydroxylation is 1. The van der Waals surface area contributed by atoms with Gasteiger partial charge in [-0.05, 0) is 58.5 Å². The van der Waals surface area contributed by atoms with Gasteiger partial charge in [0.05, 0.1) is 11.0 Å². The van der Waals surface area contributed by atoms with Gasteiger partial charge in [-0.25, -0.2) is 9.59 Å². The van der Waals surface area contributed by atoms with Crippen LogP contribution in [0.25, 0.3) is 11.1 Å². The fourth-order valence-corrected chi connectivity index (χ4v) is 4.93. The predicted octanol–water partition coefficient (Wildman–Crippen LogP) is 6.98. The molecule has 4 aromatic rings. The van der Waals surface area contributed by atoms with E-state index >= 15 is 0 Å². The summed E-state index contributed by atoms with van der Waals surface area (Å²) in [6, 6.07) is 32.2. The average Bonchev–Trinajstić information content (AvgIpc) is 3.22. The van der Waals surface area contributed by atoms with Gasteiger partial charge < -0.3 is 14.2 Å². The predicted molar refractivity (Wildman–Crippen MR) is 142 cm³/mol. The van der Waals surface area contributed by atoms with E-state index in [9.17, 15) is 9.59 Å². The van der Waals surface area contributed by atoms with E-state index in [1.807, 2.05) is 66.7 Å². The lowest BCUT2D eigenvalue weighted by Gasteiger charge is -2.30. The number of esters is 1. The summed E-state index contributed by atoms with van der Waals surface area (Å²) in [5, 5.41) is 0. The van der Waals surface area contributed by atoms with Crippen LogP contribution < -0.4 is 4.74 Å². The van der Waals surface area contributed by atoms with Crippen LogP contribution in [0, 0.1) is 0 Å². The van der Waals surface area contributed by atoms with Crippen molar-refractivity contribution in [1.82, 2.24) is 0 Å². The Morgan fingerprint density at radius 3 is 1.86 bits per heavy atom. The van der Waals surface area contributed by atoms with Gasteiger partial charge in [0.1, 0.15) is 19.0 Å². The van der Waals surface area contributed by atoms with Crippen molar-refractivity contribution in [3.8, 4) is 16.9 Å². The van der Waals surface area contributed by atoms with Gasteiger partial charge in [-0.1, -0.05) is 92.2 Å². The zero-order valence-electron chi connectivity index (χ0n) is 20.7. The smallest absolute Gasteiger partial charge is 0.461 e. The summed E-state index contributed by atoms with van der Waals surface area (Å²) in [4.78, 5) is 25.7. The maximum absolute atomic E-state index is 13.1. The lowest BCUT2D eigenvalue weighted by atomic mass is 9.79. The van der Waals surface area contributed by atoms with Crippen molar-refractivity contribution in [2.45, 2.75) is 25.2 Å². The summed E-state index contributed by atoms with van der Waals surface area (Å²) in [7, 11) is 0. The van der Waals surface area contributed by atoms with Crippen LogP contribution in [0.1, 0.15) is 40.4 Å². The van der Waals surface area contributed by atoms with E-state index in [2.05, 4.69) is 6.92 Å². The monoisotopic (exact) mass is 492 g/mol. The van der Waals surface area contributed by atoms with Crippen molar-refractivity contribution in [1.29, 1.82) is 0 Å². The molecule has 0 radical (unpaired) electrons. The molecule has 0 aliphatic heterocycles. The third-order valence-electron chi connectivity index (χ3n) is 6.73. The summed E-state index contributed by atoms with van der Waals surface area (Å²) >= 11 is 0. The zero-order chi connectivity index (χ0) is 25.7. The standard InChI is InChI=1S/C32H28O5/c1-2-10-23-17-19-24(20-18-23)30(33)35-21-32(22-36-31(34)37-25-11-4-3-5-12-25)28-15-8-6-13-26(28)27-14-7-9-16-29(27)32/h3-9,11-20H,2,10,21-22H2,1H3. The summed E-state index contributed by atoms with van der Waals surface area (Å²) in [6.45, 7) is 2.08. The molecule has 0 saturated carbocycles. The van der Waals surface area contributed by atoms with Crippen LogP contribution in [-0.2, 0) is 21.3 Å². The Balaban J connectivity index is 1.42. The summed E-state index contributed by atoms with van der Waals surface area (Å²) in [6.07, 6.45) is 1.19. The number of carbonyl (C=O) groups is 2. The first-order chi connectivity index (χ1) is 18.1. The van der Waals surface area contributed by atoms with Crippen LogP contribution in [-0.4, -0.2) is 25.3 Å². The molecule has 0 unspecified atom stereocenters. The fourth-order valence-electron chi connectivity index (χ4n) is 4.93. The molecule has 0 heterocycles. The third-order valence-corrected chi connectivity index (χ3v) is 6.73. The molecule has 1 aliphatic carbocycles. The van der Waals surface area contributed by atoms with Gasteiger partial charge in [0.15, 0.2) is 0 Å². The molecule has 37 heavy (non-hydrogen) atoms. The highest BCUT2D eigenvalue weighted by atomic mass is 16.7. The number of hydrogen-bond donors (Lipinski definition) is 0. The minimum atomic E-state index is -0.874. The third kappa shape index (κ3) is 4.98. The number of carbonyl (C=O) groups excluding carboxylic acids is 2. The molecule has 0 bridgehead atoms. The van der Waals surface area contributed by atoms with Crippen LogP contribution in [0.3, 0.4) is 0 Å². The highest BCUT2D eigenvalue weighted by molar-refractivity contribution is 5.90. The number of para-hydroxylation sites is 1. The molecule has 0 amide bonds. The van der Waals surface area contributed by atoms with E-state index in [0.29, 0.717) is 11.3 Å². The van der Waals surface area contributed by atoms with Crippen molar-refractivity contribution in [3.63, 3.8) is 0 Å². The van der Waals surface area contributed by atoms with Gasteiger partial charge in [0.25, 0.3) is 0 Å². The van der Waals surface area contributed by atoms with E-state index in [1.165, 1.54) is 5.56 Å². The maximum atomic E-state index is 13.1. The summed E-state index contributed by atoms with van der Waals surface area (Å²) in [5.41, 5.74) is 4.72. The van der Waals surface area contributed by atoms with Gasteiger partial charge in [-0.3, -0.25) is 0 Å². The molecule has 0 fully saturated rings. The fraction of sp³-hybridized carbons (Fsp3) is 0.188. The van der Waals surface area contributed by atoms with Gasteiger partial charge in [-0.15, -0.1) is 0 Å². The first kappa shape index (κ1) is 24.3. The molecular weight excluding hydrogens is 464 g/mol. The lowest BCUT2D eigenvalue weighted by Crippen LogP contribution is -2.38. The molecule has 1 aliphatic rings. The number of ether oxygens (including phenoxy) is 3. The Kier molecular flexibility index (Phi) is 7.04.